The van der Waals surface area contributed by atoms with Crippen molar-refractivity contribution in [2.24, 2.45) is 5.41 Å². The van der Waals surface area contributed by atoms with Crippen LogP contribution in [0.25, 0.3) is 0 Å². The van der Waals surface area contributed by atoms with E-state index in [0.29, 0.717) is 31.4 Å². The second kappa shape index (κ2) is 13.1. The summed E-state index contributed by atoms with van der Waals surface area (Å²) in [5.74, 6) is 0.525. The van der Waals surface area contributed by atoms with Crippen LogP contribution >= 0.6 is 0 Å². The Hall–Kier alpha value is -2.91. The van der Waals surface area contributed by atoms with Crippen LogP contribution in [0.2, 0.25) is 0 Å². The summed E-state index contributed by atoms with van der Waals surface area (Å²) >= 11 is 0. The highest BCUT2D eigenvalue weighted by molar-refractivity contribution is 7.88. The number of amides is 1. The first kappa shape index (κ1) is 32.0. The van der Waals surface area contributed by atoms with Gasteiger partial charge in [0.1, 0.15) is 17.9 Å². The van der Waals surface area contributed by atoms with Gasteiger partial charge >= 0.3 is 0 Å². The Balaban J connectivity index is 1.05. The third-order valence-corrected chi connectivity index (χ3v) is 10.2. The van der Waals surface area contributed by atoms with Gasteiger partial charge in [0.2, 0.25) is 10.0 Å². The molecule has 0 bridgehead atoms. The van der Waals surface area contributed by atoms with Crippen LogP contribution in [-0.4, -0.2) is 117 Å². The van der Waals surface area contributed by atoms with Crippen LogP contribution in [-0.2, 0) is 19.5 Å². The summed E-state index contributed by atoms with van der Waals surface area (Å²) in [6, 6.07) is 3.56. The molecule has 2 aromatic rings. The molecule has 0 saturated carbocycles. The normalized spacial score (nSPS) is 27.3. The van der Waals surface area contributed by atoms with Gasteiger partial charge in [0.15, 0.2) is 11.6 Å². The van der Waals surface area contributed by atoms with Crippen molar-refractivity contribution in [1.82, 2.24) is 24.5 Å². The molecular weight excluding hydrogens is 603 g/mol. The van der Waals surface area contributed by atoms with Gasteiger partial charge in [0.25, 0.3) is 5.91 Å². The molecule has 45 heavy (non-hydrogen) atoms. The number of morpholine rings is 1. The Kier molecular flexibility index (Phi) is 9.31. The Bertz CT molecular complexity index is 1460. The molecule has 6 rings (SSSR count). The molecule has 4 aliphatic rings. The summed E-state index contributed by atoms with van der Waals surface area (Å²) in [6.07, 6.45) is 8.12. The van der Waals surface area contributed by atoms with Crippen molar-refractivity contribution in [3.63, 3.8) is 0 Å². The fraction of sp³-hybridized carbons (Fsp3) is 0.645. The third-order valence-electron chi connectivity index (χ3n) is 9.43. The maximum atomic E-state index is 14.4. The number of likely N-dealkylation sites (tertiary alicyclic amines) is 1. The molecule has 4 fully saturated rings. The van der Waals surface area contributed by atoms with Crippen molar-refractivity contribution in [3.8, 4) is 11.5 Å². The van der Waals surface area contributed by atoms with E-state index in [9.17, 15) is 17.6 Å². The second-order valence-corrected chi connectivity index (χ2v) is 15.0. The quantitative estimate of drug-likeness (QED) is 0.458. The van der Waals surface area contributed by atoms with Crippen LogP contribution in [0.3, 0.4) is 0 Å². The van der Waals surface area contributed by atoms with E-state index < -0.39 is 15.8 Å². The number of nitrogens with zero attached hydrogens (tertiary/aromatic N) is 5. The van der Waals surface area contributed by atoms with Gasteiger partial charge in [-0.25, -0.2) is 27.5 Å². The van der Waals surface area contributed by atoms with Gasteiger partial charge in [-0.1, -0.05) is 0 Å². The number of hydrogen-bond acceptors (Lipinski definition) is 10. The fourth-order valence-electron chi connectivity index (χ4n) is 7.11. The van der Waals surface area contributed by atoms with Gasteiger partial charge < -0.3 is 28.9 Å². The van der Waals surface area contributed by atoms with Crippen molar-refractivity contribution >= 4 is 21.7 Å². The first-order chi connectivity index (χ1) is 21.5. The van der Waals surface area contributed by atoms with Crippen LogP contribution in [0.4, 0.5) is 10.2 Å². The Morgan fingerprint density at radius 1 is 1.11 bits per heavy atom. The number of carbonyl (C=O) groups is 1. The number of nitrogens with one attached hydrogen (secondary N) is 1. The number of hydrogen-bond donors (Lipinski definition) is 1. The minimum atomic E-state index is -3.23. The lowest BCUT2D eigenvalue weighted by atomic mass is 9.72. The van der Waals surface area contributed by atoms with E-state index in [1.165, 1.54) is 30.8 Å². The minimum absolute atomic E-state index is 0.119. The highest BCUT2D eigenvalue weighted by Gasteiger charge is 2.46. The summed E-state index contributed by atoms with van der Waals surface area (Å²) in [5, 5.41) is 0. The van der Waals surface area contributed by atoms with Crippen LogP contribution in [0.15, 0.2) is 30.7 Å². The largest absolute Gasteiger partial charge is 0.451 e. The topological polar surface area (TPSA) is 126 Å². The van der Waals surface area contributed by atoms with Crippen molar-refractivity contribution in [3.05, 3.63) is 42.1 Å². The van der Waals surface area contributed by atoms with E-state index in [0.717, 1.165) is 58.4 Å². The first-order valence-corrected chi connectivity index (χ1v) is 17.6. The van der Waals surface area contributed by atoms with Crippen molar-refractivity contribution in [1.29, 1.82) is 0 Å². The predicted octanol–water partition coefficient (Wildman–Crippen LogP) is 2.66. The Morgan fingerprint density at radius 2 is 1.84 bits per heavy atom. The van der Waals surface area contributed by atoms with E-state index >= 15 is 0 Å². The molecule has 1 N–H and O–H groups in total. The number of halogens is 1. The van der Waals surface area contributed by atoms with Crippen molar-refractivity contribution in [2.45, 2.75) is 63.8 Å². The van der Waals surface area contributed by atoms with E-state index in [4.69, 9.17) is 14.2 Å². The lowest BCUT2D eigenvalue weighted by Gasteiger charge is -2.54. The highest BCUT2D eigenvalue weighted by Crippen LogP contribution is 2.45. The monoisotopic (exact) mass is 646 g/mol. The average Bonchev–Trinajstić information content (AvgIpc) is 2.98. The van der Waals surface area contributed by atoms with Gasteiger partial charge in [0, 0.05) is 31.1 Å². The predicted molar refractivity (Wildman–Crippen MR) is 165 cm³/mol. The lowest BCUT2D eigenvalue weighted by Crippen LogP contribution is -2.61. The highest BCUT2D eigenvalue weighted by atomic mass is 32.2. The zero-order chi connectivity index (χ0) is 31.8. The van der Waals surface area contributed by atoms with Gasteiger partial charge in [-0.2, -0.15) is 0 Å². The van der Waals surface area contributed by atoms with Gasteiger partial charge in [-0.3, -0.25) is 4.79 Å². The number of piperidine rings is 1. The summed E-state index contributed by atoms with van der Waals surface area (Å²) in [5.41, 5.74) is 0.345. The number of rotatable bonds is 8. The zero-order valence-electron chi connectivity index (χ0n) is 26.2. The van der Waals surface area contributed by atoms with E-state index in [1.54, 1.807) is 11.1 Å². The van der Waals surface area contributed by atoms with Crippen LogP contribution in [0.5, 0.6) is 11.5 Å². The first-order valence-electron chi connectivity index (χ1n) is 15.7. The molecule has 0 unspecified atom stereocenters. The molecule has 4 aliphatic heterocycles. The SMILES string of the molecule is C[C@@H]1COC[C@H](C)N1C(=O)c1cc(F)ccc1Oc1cncnc1N1CC2(CCN(C[C@@H]3CC[C@@H](NS(C)(=O)=O)CO3)CC2)C1. The second-order valence-electron chi connectivity index (χ2n) is 13.2. The minimum Gasteiger partial charge on any atom is -0.451 e. The molecular formula is C31H43FN6O6S. The Labute approximate surface area is 264 Å². The van der Waals surface area contributed by atoms with Gasteiger partial charge in [0.05, 0.1) is 56.0 Å². The van der Waals surface area contributed by atoms with Crippen LogP contribution < -0.4 is 14.4 Å². The summed E-state index contributed by atoms with van der Waals surface area (Å²) in [7, 11) is -3.23. The standard InChI is InChI=1S/C31H43FN6O6S/c1-21-15-42-16-22(2)38(21)30(39)26-12-23(32)4-7-27(26)44-28-13-33-20-34-29(28)37-18-31(19-37)8-10-36(11-9-31)14-25-6-5-24(17-43-25)35-45(3,40)41/h4,7,12-13,20-22,24-25,35H,5-6,8-11,14-19H2,1-3H3/t21-,22+,24-,25+/m1/s1. The van der Waals surface area contributed by atoms with Crippen LogP contribution in [0.1, 0.15) is 49.9 Å². The van der Waals surface area contributed by atoms with Crippen molar-refractivity contribution in [2.75, 3.05) is 63.7 Å². The van der Waals surface area contributed by atoms with Crippen LogP contribution in [0, 0.1) is 11.2 Å². The number of sulfonamides is 1. The average molecular weight is 647 g/mol. The zero-order valence-corrected chi connectivity index (χ0v) is 27.0. The Morgan fingerprint density at radius 3 is 2.51 bits per heavy atom. The molecule has 0 aliphatic carbocycles. The molecule has 1 amide bonds. The van der Waals surface area contributed by atoms with Gasteiger partial charge in [-0.05, 0) is 70.8 Å². The number of anilines is 1. The smallest absolute Gasteiger partial charge is 0.258 e. The number of ether oxygens (including phenoxy) is 3. The molecule has 0 radical (unpaired) electrons. The maximum absolute atomic E-state index is 14.4. The molecule has 1 aromatic carbocycles. The lowest BCUT2D eigenvalue weighted by molar-refractivity contribution is -0.0299. The maximum Gasteiger partial charge on any atom is 0.258 e. The summed E-state index contributed by atoms with van der Waals surface area (Å²) in [4.78, 5) is 28.7. The van der Waals surface area contributed by atoms with E-state index in [1.807, 2.05) is 13.8 Å². The number of carbonyl (C=O) groups excluding carboxylic acids is 1. The molecule has 246 valence electrons. The van der Waals surface area contributed by atoms with Crippen molar-refractivity contribution < 1.29 is 31.8 Å². The molecule has 14 heteroatoms. The third kappa shape index (κ3) is 7.40. The summed E-state index contributed by atoms with van der Waals surface area (Å²) in [6.45, 7) is 9.58. The number of aromatic nitrogens is 2. The molecule has 12 nitrogen and oxygen atoms in total. The number of benzene rings is 1. The molecule has 5 heterocycles. The molecule has 1 spiro atoms. The van der Waals surface area contributed by atoms with E-state index in [2.05, 4.69) is 24.5 Å². The van der Waals surface area contributed by atoms with E-state index in [-0.39, 0.29) is 46.9 Å². The summed E-state index contributed by atoms with van der Waals surface area (Å²) < 4.78 is 57.9. The molecule has 4 saturated heterocycles. The molecule has 4 atom stereocenters. The fourth-order valence-corrected chi connectivity index (χ4v) is 7.90. The molecule has 1 aromatic heterocycles. The van der Waals surface area contributed by atoms with Gasteiger partial charge in [-0.15, -0.1) is 0 Å².